The Labute approximate surface area is 188 Å². The number of methoxy groups -OCH3 is 1. The van der Waals surface area contributed by atoms with Crippen LogP contribution in [-0.2, 0) is 9.53 Å². The molecule has 0 aromatic rings. The lowest BCUT2D eigenvalue weighted by molar-refractivity contribution is -0.140. The van der Waals surface area contributed by atoms with Gasteiger partial charge >= 0.3 is 5.97 Å². The van der Waals surface area contributed by atoms with Crippen LogP contribution in [0.2, 0.25) is 0 Å². The van der Waals surface area contributed by atoms with Gasteiger partial charge in [0.15, 0.2) is 0 Å². The summed E-state index contributed by atoms with van der Waals surface area (Å²) in [5.74, 6) is 0.823. The van der Waals surface area contributed by atoms with Crippen molar-refractivity contribution >= 4 is 5.97 Å². The molecule has 0 rings (SSSR count). The second kappa shape index (κ2) is 24.2. The summed E-state index contributed by atoms with van der Waals surface area (Å²) < 4.78 is 4.63. The van der Waals surface area contributed by atoms with Crippen molar-refractivity contribution in [2.24, 2.45) is 5.92 Å². The van der Waals surface area contributed by atoms with E-state index in [9.17, 15) is 4.79 Å². The third-order valence-electron chi connectivity index (χ3n) is 6.08. The molecule has 0 amide bonds. The summed E-state index contributed by atoms with van der Waals surface area (Å²) in [6.07, 6.45) is 33.4. The molecule has 0 aromatic carbocycles. The van der Waals surface area contributed by atoms with Gasteiger partial charge in [-0.3, -0.25) is 4.79 Å². The van der Waals surface area contributed by atoms with E-state index in [0.29, 0.717) is 6.42 Å². The zero-order valence-corrected chi connectivity index (χ0v) is 20.6. The van der Waals surface area contributed by atoms with Gasteiger partial charge in [-0.2, -0.15) is 0 Å². The highest BCUT2D eigenvalue weighted by Crippen LogP contribution is 2.15. The van der Waals surface area contributed by atoms with Crippen molar-refractivity contribution < 1.29 is 9.53 Å². The van der Waals surface area contributed by atoms with E-state index >= 15 is 0 Å². The molecule has 0 fully saturated rings. The summed E-state index contributed by atoms with van der Waals surface area (Å²) in [6.45, 7) is 4.69. The highest BCUT2D eigenvalue weighted by molar-refractivity contribution is 5.69. The summed E-state index contributed by atoms with van der Waals surface area (Å²) in [7, 11) is 1.45. The van der Waals surface area contributed by atoms with Crippen LogP contribution >= 0.6 is 0 Å². The summed E-state index contributed by atoms with van der Waals surface area (Å²) >= 11 is 0. The Bertz CT molecular complexity index is 411. The monoisotopic (exact) mass is 420 g/mol. The third-order valence-corrected chi connectivity index (χ3v) is 6.08. The van der Waals surface area contributed by atoms with Gasteiger partial charge < -0.3 is 4.74 Å². The van der Waals surface area contributed by atoms with Crippen LogP contribution in [0.5, 0.6) is 0 Å². The van der Waals surface area contributed by atoms with E-state index in [2.05, 4.69) is 42.9 Å². The Hall–Kier alpha value is -1.05. The summed E-state index contributed by atoms with van der Waals surface area (Å²) in [5.41, 5.74) is 0. The molecular weight excluding hydrogens is 368 g/mol. The van der Waals surface area contributed by atoms with Crippen molar-refractivity contribution in [3.8, 4) is 0 Å². The third kappa shape index (κ3) is 23.2. The second-order valence-corrected chi connectivity index (χ2v) is 8.97. The molecule has 176 valence electrons. The standard InChI is InChI=1S/C28H52O2/c1-4-27(2)25-23-21-19-17-15-13-11-9-7-5-6-8-10-12-14-16-18-20-22-24-26-28(29)30-3/h10,12,18,20,27H,4-9,11,13-17,19,21-26H2,1-3H3. The number of carbonyl (C=O) groups excluding carboxylic acids is 1. The van der Waals surface area contributed by atoms with Crippen molar-refractivity contribution in [3.05, 3.63) is 24.3 Å². The summed E-state index contributed by atoms with van der Waals surface area (Å²) in [5, 5.41) is 0. The lowest BCUT2D eigenvalue weighted by atomic mass is 9.99. The first kappa shape index (κ1) is 28.9. The van der Waals surface area contributed by atoms with E-state index in [1.165, 1.54) is 97.0 Å². The molecule has 0 aliphatic rings. The zero-order chi connectivity index (χ0) is 22.1. The fourth-order valence-electron chi connectivity index (χ4n) is 3.68. The van der Waals surface area contributed by atoms with E-state index in [1.807, 2.05) is 0 Å². The van der Waals surface area contributed by atoms with Crippen LogP contribution in [-0.4, -0.2) is 13.1 Å². The normalized spacial score (nSPS) is 12.8. The largest absolute Gasteiger partial charge is 0.469 e. The first-order chi connectivity index (χ1) is 14.7. The molecule has 0 saturated carbocycles. The Morgan fingerprint density at radius 2 is 1.10 bits per heavy atom. The van der Waals surface area contributed by atoms with E-state index in [4.69, 9.17) is 0 Å². The minimum absolute atomic E-state index is 0.107. The second-order valence-electron chi connectivity index (χ2n) is 8.97. The van der Waals surface area contributed by atoms with Gasteiger partial charge in [0.25, 0.3) is 0 Å². The molecule has 0 aliphatic carbocycles. The highest BCUT2D eigenvalue weighted by atomic mass is 16.5. The van der Waals surface area contributed by atoms with Crippen molar-refractivity contribution in [2.75, 3.05) is 7.11 Å². The van der Waals surface area contributed by atoms with Crippen LogP contribution in [0, 0.1) is 5.92 Å². The molecule has 0 bridgehead atoms. The first-order valence-electron chi connectivity index (χ1n) is 13.1. The maximum atomic E-state index is 11.0. The van der Waals surface area contributed by atoms with Gasteiger partial charge in [0.05, 0.1) is 7.11 Å². The molecule has 0 saturated heterocycles. The molecule has 2 heteroatoms. The topological polar surface area (TPSA) is 26.3 Å². The van der Waals surface area contributed by atoms with Gasteiger partial charge in [-0.1, -0.05) is 115 Å². The van der Waals surface area contributed by atoms with Crippen LogP contribution in [0.25, 0.3) is 0 Å². The number of unbranched alkanes of at least 4 members (excludes halogenated alkanes) is 13. The maximum absolute atomic E-state index is 11.0. The average Bonchev–Trinajstić information content (AvgIpc) is 2.76. The predicted molar refractivity (Wildman–Crippen MR) is 133 cm³/mol. The van der Waals surface area contributed by atoms with Crippen LogP contribution in [0.4, 0.5) is 0 Å². The SMILES string of the molecule is CCC(C)CCCCCCCCCCCCCC=CCCC=CCCCC(=O)OC. The lowest BCUT2D eigenvalue weighted by Gasteiger charge is -2.07. The van der Waals surface area contributed by atoms with Gasteiger partial charge in [0.1, 0.15) is 0 Å². The minimum Gasteiger partial charge on any atom is -0.469 e. The number of carbonyl (C=O) groups is 1. The zero-order valence-electron chi connectivity index (χ0n) is 20.6. The van der Waals surface area contributed by atoms with E-state index in [-0.39, 0.29) is 5.97 Å². The number of esters is 1. The molecular formula is C28H52O2. The van der Waals surface area contributed by atoms with Gasteiger partial charge in [-0.15, -0.1) is 0 Å². The Kier molecular flexibility index (Phi) is 23.4. The Morgan fingerprint density at radius 1 is 0.667 bits per heavy atom. The summed E-state index contributed by atoms with van der Waals surface area (Å²) in [6, 6.07) is 0. The van der Waals surface area contributed by atoms with E-state index in [0.717, 1.165) is 31.6 Å². The number of allylic oxidation sites excluding steroid dienone is 4. The molecule has 0 aliphatic heterocycles. The van der Waals surface area contributed by atoms with E-state index in [1.54, 1.807) is 0 Å². The van der Waals surface area contributed by atoms with Crippen LogP contribution in [0.15, 0.2) is 24.3 Å². The van der Waals surface area contributed by atoms with Crippen LogP contribution in [0.1, 0.15) is 136 Å². The quantitative estimate of drug-likeness (QED) is 0.0990. The number of hydrogen-bond acceptors (Lipinski definition) is 2. The molecule has 0 spiro atoms. The maximum Gasteiger partial charge on any atom is 0.305 e. The summed E-state index contributed by atoms with van der Waals surface area (Å²) in [4.78, 5) is 11.0. The van der Waals surface area contributed by atoms with E-state index < -0.39 is 0 Å². The Balaban J connectivity index is 3.19. The smallest absolute Gasteiger partial charge is 0.305 e. The average molecular weight is 421 g/mol. The van der Waals surface area contributed by atoms with Crippen molar-refractivity contribution in [1.82, 2.24) is 0 Å². The molecule has 0 heterocycles. The lowest BCUT2D eigenvalue weighted by Crippen LogP contribution is -1.98. The number of rotatable bonds is 22. The molecule has 1 unspecified atom stereocenters. The van der Waals surface area contributed by atoms with Gasteiger partial charge in [0.2, 0.25) is 0 Å². The van der Waals surface area contributed by atoms with Crippen molar-refractivity contribution in [2.45, 2.75) is 136 Å². The molecule has 0 radical (unpaired) electrons. The predicted octanol–water partition coefficient (Wildman–Crippen LogP) is 9.34. The van der Waals surface area contributed by atoms with Crippen LogP contribution < -0.4 is 0 Å². The molecule has 0 N–H and O–H groups in total. The fraction of sp³-hybridized carbons (Fsp3) is 0.821. The van der Waals surface area contributed by atoms with Crippen molar-refractivity contribution in [1.29, 1.82) is 0 Å². The van der Waals surface area contributed by atoms with Crippen molar-refractivity contribution in [3.63, 3.8) is 0 Å². The minimum atomic E-state index is -0.107. The number of hydrogen-bond donors (Lipinski definition) is 0. The van der Waals surface area contributed by atoms with Crippen LogP contribution in [0.3, 0.4) is 0 Å². The Morgan fingerprint density at radius 3 is 1.60 bits per heavy atom. The molecule has 1 atom stereocenters. The first-order valence-corrected chi connectivity index (χ1v) is 13.1. The van der Waals surface area contributed by atoms with Gasteiger partial charge in [-0.25, -0.2) is 0 Å². The molecule has 0 aromatic heterocycles. The highest BCUT2D eigenvalue weighted by Gasteiger charge is 1.98. The number of ether oxygens (including phenoxy) is 1. The van der Waals surface area contributed by atoms with Gasteiger partial charge in [0, 0.05) is 6.42 Å². The fourth-order valence-corrected chi connectivity index (χ4v) is 3.68. The molecule has 30 heavy (non-hydrogen) atoms. The van der Waals surface area contributed by atoms with Gasteiger partial charge in [-0.05, 0) is 44.4 Å². The molecule has 2 nitrogen and oxygen atoms in total.